The van der Waals surface area contributed by atoms with Gasteiger partial charge in [-0.15, -0.1) is 0 Å². The molecule has 1 aromatic carbocycles. The molecule has 1 aliphatic heterocycles. The van der Waals surface area contributed by atoms with E-state index in [0.717, 1.165) is 12.0 Å². The Morgan fingerprint density at radius 1 is 1.36 bits per heavy atom. The number of ether oxygens (including phenoxy) is 1. The van der Waals surface area contributed by atoms with E-state index in [0.29, 0.717) is 18.9 Å². The fourth-order valence-corrected chi connectivity index (χ4v) is 2.70. The van der Waals surface area contributed by atoms with Crippen molar-refractivity contribution >= 4 is 23.2 Å². The zero-order chi connectivity index (χ0) is 16.2. The van der Waals surface area contributed by atoms with E-state index in [1.54, 1.807) is 0 Å². The maximum Gasteiger partial charge on any atom is 0.334 e. The van der Waals surface area contributed by atoms with E-state index < -0.39 is 41.0 Å². The molecule has 1 N–H and O–H groups in total. The molecule has 0 spiro atoms. The number of carbonyl (C=O) groups excluding carboxylic acids is 2. The van der Waals surface area contributed by atoms with Crippen molar-refractivity contribution in [3.8, 4) is 5.75 Å². The van der Waals surface area contributed by atoms with Crippen molar-refractivity contribution < 1.29 is 33.0 Å². The van der Waals surface area contributed by atoms with E-state index in [1.165, 1.54) is 0 Å². The number of Topliss-reactive ketones (excluding diaryl/α,β-unsaturated/α-hetero) is 2. The number of methoxy groups -OCH3 is 1. The van der Waals surface area contributed by atoms with Crippen LogP contribution in [-0.2, 0) is 9.59 Å². The van der Waals surface area contributed by atoms with Gasteiger partial charge in [-0.05, 0) is 18.9 Å². The molecule has 8 heteroatoms. The fourth-order valence-electron chi connectivity index (χ4n) is 2.70. The molecular formula is C14H11F2NO5. The van der Waals surface area contributed by atoms with Crippen LogP contribution in [0, 0.1) is 11.6 Å². The molecular weight excluding hydrogens is 300 g/mol. The van der Waals surface area contributed by atoms with E-state index in [-0.39, 0.29) is 17.3 Å². The van der Waals surface area contributed by atoms with Crippen molar-refractivity contribution in [1.29, 1.82) is 0 Å². The van der Waals surface area contributed by atoms with Crippen LogP contribution in [0.15, 0.2) is 6.07 Å². The number of anilines is 1. The van der Waals surface area contributed by atoms with E-state index in [1.807, 2.05) is 0 Å². The highest BCUT2D eigenvalue weighted by molar-refractivity contribution is 6.51. The number of aliphatic carboxylic acids is 1. The second-order valence-corrected chi connectivity index (χ2v) is 5.17. The van der Waals surface area contributed by atoms with Gasteiger partial charge in [0.2, 0.25) is 17.4 Å². The Kier molecular flexibility index (Phi) is 3.12. The van der Waals surface area contributed by atoms with Crippen molar-refractivity contribution in [2.24, 2.45) is 0 Å². The number of nitrogens with zero attached hydrogens (tertiary/aromatic N) is 1. The standard InChI is InChI=1S/C14H11F2NO5/c1-22-13-8(16)7(15)4-6-9(13)17(5-2-3-5)10(14(20)21)12(19)11(6)18/h4-5,10H,2-3H2,1H3,(H,20,21). The first kappa shape index (κ1) is 14.4. The molecule has 1 atom stereocenters. The van der Waals surface area contributed by atoms with Crippen molar-refractivity contribution in [2.75, 3.05) is 12.0 Å². The maximum absolute atomic E-state index is 13.9. The van der Waals surface area contributed by atoms with E-state index in [9.17, 15) is 28.3 Å². The van der Waals surface area contributed by atoms with Crippen LogP contribution in [0.4, 0.5) is 14.5 Å². The molecule has 6 nitrogen and oxygen atoms in total. The highest BCUT2D eigenvalue weighted by Crippen LogP contribution is 2.45. The van der Waals surface area contributed by atoms with Gasteiger partial charge >= 0.3 is 5.97 Å². The third-order valence-corrected chi connectivity index (χ3v) is 3.78. The van der Waals surface area contributed by atoms with Crippen LogP contribution in [0.2, 0.25) is 0 Å². The normalized spacial score (nSPS) is 20.9. The lowest BCUT2D eigenvalue weighted by molar-refractivity contribution is -0.141. The largest absolute Gasteiger partial charge is 0.491 e. The molecule has 0 aromatic heterocycles. The van der Waals surface area contributed by atoms with E-state index in [4.69, 9.17) is 4.74 Å². The van der Waals surface area contributed by atoms with Crippen LogP contribution in [0.1, 0.15) is 23.2 Å². The highest BCUT2D eigenvalue weighted by Gasteiger charge is 2.50. The molecule has 1 aromatic rings. The van der Waals surface area contributed by atoms with E-state index in [2.05, 4.69) is 0 Å². The molecule has 22 heavy (non-hydrogen) atoms. The van der Waals surface area contributed by atoms with Gasteiger partial charge in [0, 0.05) is 6.04 Å². The number of carboxylic acids is 1. The number of carboxylic acid groups (broad SMARTS) is 1. The zero-order valence-corrected chi connectivity index (χ0v) is 11.4. The van der Waals surface area contributed by atoms with Crippen LogP contribution in [0.25, 0.3) is 0 Å². The van der Waals surface area contributed by atoms with Gasteiger partial charge in [-0.1, -0.05) is 0 Å². The number of halogens is 2. The molecule has 1 heterocycles. The van der Waals surface area contributed by atoms with Crippen molar-refractivity contribution in [2.45, 2.75) is 24.9 Å². The second kappa shape index (κ2) is 4.75. The molecule has 1 saturated carbocycles. The lowest BCUT2D eigenvalue weighted by Gasteiger charge is -2.35. The summed E-state index contributed by atoms with van der Waals surface area (Å²) >= 11 is 0. The Labute approximate surface area is 123 Å². The quantitative estimate of drug-likeness (QED) is 0.666. The summed E-state index contributed by atoms with van der Waals surface area (Å²) in [7, 11) is 1.08. The molecule has 1 unspecified atom stereocenters. The van der Waals surface area contributed by atoms with Gasteiger partial charge in [-0.25, -0.2) is 9.18 Å². The topological polar surface area (TPSA) is 83.9 Å². The van der Waals surface area contributed by atoms with Crippen molar-refractivity contribution in [3.63, 3.8) is 0 Å². The molecule has 2 aliphatic rings. The van der Waals surface area contributed by atoms with Crippen LogP contribution >= 0.6 is 0 Å². The maximum atomic E-state index is 13.9. The van der Waals surface area contributed by atoms with Crippen LogP contribution < -0.4 is 9.64 Å². The Morgan fingerprint density at radius 2 is 2.00 bits per heavy atom. The molecule has 1 aliphatic carbocycles. The van der Waals surface area contributed by atoms with Crippen LogP contribution in [0.3, 0.4) is 0 Å². The molecule has 0 bridgehead atoms. The summed E-state index contributed by atoms with van der Waals surface area (Å²) in [4.78, 5) is 36.7. The lowest BCUT2D eigenvalue weighted by Crippen LogP contribution is -2.54. The number of rotatable bonds is 3. The average Bonchev–Trinajstić information content (AvgIpc) is 3.29. The minimum Gasteiger partial charge on any atom is -0.491 e. The summed E-state index contributed by atoms with van der Waals surface area (Å²) in [5.41, 5.74) is -0.536. The van der Waals surface area contributed by atoms with Gasteiger partial charge in [0.05, 0.1) is 18.4 Å². The number of carbonyl (C=O) groups is 3. The zero-order valence-electron chi connectivity index (χ0n) is 11.4. The Bertz CT molecular complexity index is 714. The smallest absolute Gasteiger partial charge is 0.334 e. The number of fused-ring (bicyclic) bond motifs is 1. The van der Waals surface area contributed by atoms with Gasteiger partial charge in [0.15, 0.2) is 17.6 Å². The summed E-state index contributed by atoms with van der Waals surface area (Å²) < 4.78 is 32.4. The number of hydrogen-bond acceptors (Lipinski definition) is 5. The summed E-state index contributed by atoms with van der Waals surface area (Å²) in [6.45, 7) is 0. The van der Waals surface area contributed by atoms with Gasteiger partial charge in [-0.2, -0.15) is 4.39 Å². The minimum atomic E-state index is -1.74. The summed E-state index contributed by atoms with van der Waals surface area (Å²) in [5.74, 6) is -7.05. The summed E-state index contributed by atoms with van der Waals surface area (Å²) in [5, 5.41) is 9.26. The first-order valence-corrected chi connectivity index (χ1v) is 6.54. The summed E-state index contributed by atoms with van der Waals surface area (Å²) in [6.07, 6.45) is 1.18. The number of hydrogen-bond donors (Lipinski definition) is 1. The first-order chi connectivity index (χ1) is 10.4. The van der Waals surface area contributed by atoms with E-state index >= 15 is 0 Å². The summed E-state index contributed by atoms with van der Waals surface area (Å²) in [6, 6.07) is -1.46. The Hall–Kier alpha value is -2.51. The monoisotopic (exact) mass is 311 g/mol. The van der Waals surface area contributed by atoms with Crippen molar-refractivity contribution in [3.05, 3.63) is 23.3 Å². The molecule has 3 rings (SSSR count). The number of ketones is 2. The van der Waals surface area contributed by atoms with Gasteiger partial charge in [-0.3, -0.25) is 9.59 Å². The molecule has 0 amide bonds. The average molecular weight is 311 g/mol. The Morgan fingerprint density at radius 3 is 2.50 bits per heavy atom. The SMILES string of the molecule is COc1c(F)c(F)cc2c1N(C1CC1)C(C(=O)O)C(=O)C2=O. The molecule has 0 radical (unpaired) electrons. The van der Waals surface area contributed by atoms with Crippen molar-refractivity contribution in [1.82, 2.24) is 0 Å². The third-order valence-electron chi connectivity index (χ3n) is 3.78. The van der Waals surface area contributed by atoms with Gasteiger partial charge < -0.3 is 14.7 Å². The van der Waals surface area contributed by atoms with Gasteiger partial charge in [0.25, 0.3) is 0 Å². The highest BCUT2D eigenvalue weighted by atomic mass is 19.2. The van der Waals surface area contributed by atoms with Crippen LogP contribution in [0.5, 0.6) is 5.75 Å². The third kappa shape index (κ3) is 1.87. The fraction of sp³-hybridized carbons (Fsp3) is 0.357. The second-order valence-electron chi connectivity index (χ2n) is 5.17. The van der Waals surface area contributed by atoms with Gasteiger partial charge in [0.1, 0.15) is 0 Å². The molecule has 116 valence electrons. The Balaban J connectivity index is 2.32. The number of benzene rings is 1. The predicted octanol–water partition coefficient (Wildman–Crippen LogP) is 1.16. The van der Waals surface area contributed by atoms with Crippen LogP contribution in [-0.4, -0.2) is 41.8 Å². The molecule has 1 fully saturated rings. The predicted molar refractivity (Wildman–Crippen MR) is 69.2 cm³/mol. The molecule has 0 saturated heterocycles. The lowest BCUT2D eigenvalue weighted by atomic mass is 9.92. The first-order valence-electron chi connectivity index (χ1n) is 6.54. The minimum absolute atomic E-state index is 0.166.